The molecule has 1 aromatic carbocycles. The van der Waals surface area contributed by atoms with Crippen LogP contribution in [0.1, 0.15) is 57.2 Å². The average molecular weight is 622 g/mol. The number of aromatic nitrogens is 6. The van der Waals surface area contributed by atoms with Crippen LogP contribution in [0, 0.1) is 18.3 Å². The summed E-state index contributed by atoms with van der Waals surface area (Å²) in [5, 5.41) is 25.8. The molecule has 0 aliphatic rings. The van der Waals surface area contributed by atoms with Crippen LogP contribution < -0.4 is 10.6 Å². The minimum Gasteiger partial charge on any atom is -0.350 e. The van der Waals surface area contributed by atoms with Gasteiger partial charge in [-0.2, -0.15) is 47.3 Å². The van der Waals surface area contributed by atoms with Crippen molar-refractivity contribution < 1.29 is 31.5 Å². The van der Waals surface area contributed by atoms with Crippen LogP contribution in [0.3, 0.4) is 0 Å². The van der Waals surface area contributed by atoms with Gasteiger partial charge < -0.3 is 10.6 Å². The van der Waals surface area contributed by atoms with Gasteiger partial charge in [0.05, 0.1) is 39.8 Å². The number of halogens is 6. The first-order valence-electron chi connectivity index (χ1n) is 12.3. The molecule has 17 heteroatoms. The molecule has 4 rings (SSSR count). The molecule has 0 bridgehead atoms. The van der Waals surface area contributed by atoms with E-state index in [0.29, 0.717) is 10.4 Å². The number of benzene rings is 1. The van der Waals surface area contributed by atoms with Gasteiger partial charge in [0.2, 0.25) is 0 Å². The van der Waals surface area contributed by atoms with Crippen molar-refractivity contribution in [2.24, 2.45) is 0 Å². The van der Waals surface area contributed by atoms with Gasteiger partial charge in [0.25, 0.3) is 11.8 Å². The quantitative estimate of drug-likeness (QED) is 0.269. The van der Waals surface area contributed by atoms with Gasteiger partial charge >= 0.3 is 12.1 Å². The molecule has 0 atom stereocenters. The van der Waals surface area contributed by atoms with E-state index in [4.69, 9.17) is 11.6 Å². The van der Waals surface area contributed by atoms with Crippen molar-refractivity contribution in [3.8, 4) is 11.9 Å². The molecule has 3 heterocycles. The molecular weight excluding hydrogens is 601 g/mol. The van der Waals surface area contributed by atoms with E-state index in [2.05, 4.69) is 30.9 Å². The molecule has 4 aromatic rings. The van der Waals surface area contributed by atoms with Crippen LogP contribution in [0.5, 0.6) is 0 Å². The molecule has 2 N–H and O–H groups in total. The van der Waals surface area contributed by atoms with E-state index in [1.165, 1.54) is 36.5 Å². The average Bonchev–Trinajstić information content (AvgIpc) is 3.57. The summed E-state index contributed by atoms with van der Waals surface area (Å²) >= 11 is 6.28. The summed E-state index contributed by atoms with van der Waals surface area (Å²) in [4.78, 5) is 31.3. The van der Waals surface area contributed by atoms with Crippen molar-refractivity contribution in [3.05, 3.63) is 81.5 Å². The number of alkyl halides is 5. The number of aryl methyl sites for hydroxylation is 1. The number of rotatable bonds is 8. The van der Waals surface area contributed by atoms with Crippen molar-refractivity contribution in [1.29, 1.82) is 5.26 Å². The second-order valence-corrected chi connectivity index (χ2v) is 9.89. The SMILES string of the molecule is Cc1cc(C#N)cc(C(=O)NC(C)C)c1NC(=O)c1cc(Cn2ncc(C(F)(F)C(F)(F)F)n2)nn1-c1ncccc1Cl. The Bertz CT molecular complexity index is 1740. The molecule has 0 radical (unpaired) electrons. The third kappa shape index (κ3) is 6.46. The highest BCUT2D eigenvalue weighted by Gasteiger charge is 2.60. The number of amides is 2. The van der Waals surface area contributed by atoms with E-state index < -0.39 is 36.2 Å². The molecular formula is C26H21ClF5N9O2. The van der Waals surface area contributed by atoms with Gasteiger partial charge in [0, 0.05) is 12.2 Å². The molecule has 11 nitrogen and oxygen atoms in total. The number of pyridine rings is 1. The number of nitriles is 1. The second-order valence-electron chi connectivity index (χ2n) is 9.48. The first kappa shape index (κ1) is 31.0. The molecule has 2 amide bonds. The Morgan fingerprint density at radius 1 is 1.12 bits per heavy atom. The van der Waals surface area contributed by atoms with Crippen molar-refractivity contribution in [3.63, 3.8) is 0 Å². The number of hydrogen-bond acceptors (Lipinski definition) is 7. The lowest BCUT2D eigenvalue weighted by Crippen LogP contribution is -2.34. The van der Waals surface area contributed by atoms with Gasteiger partial charge in [-0.15, -0.1) is 0 Å². The summed E-state index contributed by atoms with van der Waals surface area (Å²) in [5.74, 6) is -6.61. The number of nitrogens with zero attached hydrogens (tertiary/aromatic N) is 7. The lowest BCUT2D eigenvalue weighted by Gasteiger charge is -2.16. The van der Waals surface area contributed by atoms with Gasteiger partial charge in [-0.05, 0) is 56.7 Å². The third-order valence-electron chi connectivity index (χ3n) is 5.82. The van der Waals surface area contributed by atoms with Gasteiger partial charge in [0.1, 0.15) is 12.2 Å². The van der Waals surface area contributed by atoms with E-state index in [0.717, 1.165) is 4.68 Å². The zero-order valence-electron chi connectivity index (χ0n) is 22.5. The first-order chi connectivity index (χ1) is 20.1. The van der Waals surface area contributed by atoms with Crippen molar-refractivity contribution >= 4 is 29.1 Å². The van der Waals surface area contributed by atoms with E-state index in [9.17, 15) is 36.8 Å². The van der Waals surface area contributed by atoms with Crippen LogP contribution in [-0.2, 0) is 12.5 Å². The van der Waals surface area contributed by atoms with Crippen LogP contribution in [0.4, 0.5) is 27.6 Å². The normalized spacial score (nSPS) is 11.8. The minimum atomic E-state index is -5.88. The molecule has 0 saturated carbocycles. The topological polar surface area (TPSA) is 143 Å². The number of anilines is 1. The largest absolute Gasteiger partial charge is 0.459 e. The smallest absolute Gasteiger partial charge is 0.350 e. The lowest BCUT2D eigenvalue weighted by molar-refractivity contribution is -0.291. The fraction of sp³-hybridized carbons (Fsp3) is 0.269. The maximum Gasteiger partial charge on any atom is 0.459 e. The van der Waals surface area contributed by atoms with Crippen LogP contribution in [0.2, 0.25) is 5.02 Å². The summed E-state index contributed by atoms with van der Waals surface area (Å²) < 4.78 is 66.8. The highest BCUT2D eigenvalue weighted by Crippen LogP contribution is 2.42. The number of carbonyl (C=O) groups excluding carboxylic acids is 2. The molecule has 0 saturated heterocycles. The maximum absolute atomic E-state index is 13.7. The van der Waals surface area contributed by atoms with E-state index in [-0.39, 0.29) is 51.3 Å². The molecule has 0 fully saturated rings. The molecule has 0 aliphatic heterocycles. The van der Waals surface area contributed by atoms with E-state index >= 15 is 0 Å². The van der Waals surface area contributed by atoms with Crippen molar-refractivity contribution in [2.45, 2.75) is 45.5 Å². The standard InChI is InChI=1S/C26H21ClF5N9O2/c1-13(2)36-23(42)17-8-15(10-33)7-14(3)21(17)37-24(43)19-9-16(38-41(19)22-18(27)5-4-6-34-22)12-40-35-11-20(39-40)25(28,29)26(30,31)32/h4-9,11,13H,12H2,1-3H3,(H,36,42)(H,37,43). The predicted octanol–water partition coefficient (Wildman–Crippen LogP) is 4.79. The zero-order chi connectivity index (χ0) is 31.7. The Hall–Kier alpha value is -4.91. The molecule has 0 aliphatic carbocycles. The third-order valence-corrected chi connectivity index (χ3v) is 6.11. The number of carbonyl (C=O) groups is 2. The fourth-order valence-corrected chi connectivity index (χ4v) is 4.09. The van der Waals surface area contributed by atoms with Crippen LogP contribution in [0.25, 0.3) is 5.82 Å². The molecule has 0 unspecified atom stereocenters. The Morgan fingerprint density at radius 3 is 2.47 bits per heavy atom. The van der Waals surface area contributed by atoms with Gasteiger partial charge in [0.15, 0.2) is 11.5 Å². The van der Waals surface area contributed by atoms with E-state index in [1.807, 2.05) is 6.07 Å². The van der Waals surface area contributed by atoms with Gasteiger partial charge in [-0.25, -0.2) is 9.67 Å². The minimum absolute atomic E-state index is 0.00684. The Labute approximate surface area is 245 Å². The summed E-state index contributed by atoms with van der Waals surface area (Å²) in [7, 11) is 0. The zero-order valence-corrected chi connectivity index (χ0v) is 23.3. The number of hydrogen-bond donors (Lipinski definition) is 2. The summed E-state index contributed by atoms with van der Waals surface area (Å²) in [6.45, 7) is 4.53. The Kier molecular flexibility index (Phi) is 8.49. The summed E-state index contributed by atoms with van der Waals surface area (Å²) in [6.07, 6.45) is -4.24. The van der Waals surface area contributed by atoms with Crippen LogP contribution >= 0.6 is 11.6 Å². The summed E-state index contributed by atoms with van der Waals surface area (Å²) in [6, 6.07) is 8.68. The highest BCUT2D eigenvalue weighted by molar-refractivity contribution is 6.32. The molecule has 43 heavy (non-hydrogen) atoms. The first-order valence-corrected chi connectivity index (χ1v) is 12.7. The van der Waals surface area contributed by atoms with Crippen LogP contribution in [-0.4, -0.2) is 53.8 Å². The highest BCUT2D eigenvalue weighted by atomic mass is 35.5. The summed E-state index contributed by atoms with van der Waals surface area (Å²) in [5.41, 5.74) is -1.16. The Morgan fingerprint density at radius 2 is 1.84 bits per heavy atom. The lowest BCUT2D eigenvalue weighted by atomic mass is 10.0. The second kappa shape index (κ2) is 11.8. The van der Waals surface area contributed by atoms with Crippen LogP contribution in [0.15, 0.2) is 42.7 Å². The molecule has 224 valence electrons. The monoisotopic (exact) mass is 621 g/mol. The Balaban J connectivity index is 1.75. The van der Waals surface area contributed by atoms with Crippen molar-refractivity contribution in [2.75, 3.05) is 5.32 Å². The fourth-order valence-electron chi connectivity index (χ4n) is 3.89. The maximum atomic E-state index is 13.7. The van der Waals surface area contributed by atoms with Gasteiger partial charge in [-0.3, -0.25) is 9.59 Å². The molecule has 3 aromatic heterocycles. The number of nitrogens with one attached hydrogen (secondary N) is 2. The van der Waals surface area contributed by atoms with E-state index in [1.54, 1.807) is 20.8 Å². The van der Waals surface area contributed by atoms with Gasteiger partial charge in [-0.1, -0.05) is 11.6 Å². The predicted molar refractivity (Wildman–Crippen MR) is 142 cm³/mol. The van der Waals surface area contributed by atoms with Crippen molar-refractivity contribution in [1.82, 2.24) is 35.1 Å². The molecule has 0 spiro atoms.